The molecule has 3 rings (SSSR count). The molecule has 2 heteroatoms. The van der Waals surface area contributed by atoms with Gasteiger partial charge in [-0.15, -0.1) is 0 Å². The highest BCUT2D eigenvalue weighted by atomic mass is 16.5. The Morgan fingerprint density at radius 3 is 2.22 bits per heavy atom. The van der Waals surface area contributed by atoms with Crippen LogP contribution in [0.25, 0.3) is 0 Å². The fourth-order valence-corrected chi connectivity index (χ4v) is 3.50. The van der Waals surface area contributed by atoms with Crippen molar-refractivity contribution < 1.29 is 4.74 Å². The Balaban J connectivity index is 1.68. The zero-order valence-electron chi connectivity index (χ0n) is 11.4. The van der Waals surface area contributed by atoms with Crippen LogP contribution in [0.1, 0.15) is 43.2 Å². The number of benzene rings is 1. The third-order valence-electron chi connectivity index (χ3n) is 4.17. The molecule has 3 atom stereocenters. The molecule has 1 N–H and O–H groups in total. The lowest BCUT2D eigenvalue weighted by Crippen LogP contribution is -2.51. The maximum absolute atomic E-state index is 6.21. The Bertz CT molecular complexity index is 397. The van der Waals surface area contributed by atoms with Gasteiger partial charge >= 0.3 is 0 Å². The van der Waals surface area contributed by atoms with Gasteiger partial charge in [0.25, 0.3) is 0 Å². The second kappa shape index (κ2) is 4.93. The van der Waals surface area contributed by atoms with E-state index in [4.69, 9.17) is 4.74 Å². The molecule has 0 saturated carbocycles. The van der Waals surface area contributed by atoms with E-state index in [9.17, 15) is 0 Å². The Hall–Kier alpha value is -1.02. The maximum Gasteiger partial charge on any atom is 0.120 e. The summed E-state index contributed by atoms with van der Waals surface area (Å²) in [5, 5.41) is 3.71. The summed E-state index contributed by atoms with van der Waals surface area (Å²) in [4.78, 5) is 0. The van der Waals surface area contributed by atoms with Gasteiger partial charge in [0.05, 0.1) is 0 Å². The third-order valence-corrected chi connectivity index (χ3v) is 4.17. The lowest BCUT2D eigenvalue weighted by Gasteiger charge is -2.40. The van der Waals surface area contributed by atoms with Crippen LogP contribution in [-0.2, 0) is 0 Å². The van der Waals surface area contributed by atoms with Crippen molar-refractivity contribution in [1.82, 2.24) is 5.32 Å². The summed E-state index contributed by atoms with van der Waals surface area (Å²) in [5.74, 6) is 1.05. The first kappa shape index (κ1) is 12.0. The number of ether oxygens (including phenoxy) is 1. The SMILES string of the molecule is Cc1cc(C)cc(OC2C[C@H]3CCC[C@@H](C2)N3)c1. The summed E-state index contributed by atoms with van der Waals surface area (Å²) in [6.45, 7) is 4.27. The van der Waals surface area contributed by atoms with Gasteiger partial charge in [-0.25, -0.2) is 0 Å². The van der Waals surface area contributed by atoms with E-state index < -0.39 is 0 Å². The molecule has 2 aliphatic rings. The minimum absolute atomic E-state index is 0.405. The predicted octanol–water partition coefficient (Wildman–Crippen LogP) is 3.36. The Morgan fingerprint density at radius 2 is 1.61 bits per heavy atom. The first-order valence-corrected chi connectivity index (χ1v) is 7.20. The van der Waals surface area contributed by atoms with Crippen LogP contribution in [0.15, 0.2) is 18.2 Å². The van der Waals surface area contributed by atoms with E-state index >= 15 is 0 Å². The summed E-state index contributed by atoms with van der Waals surface area (Å²) < 4.78 is 6.21. The highest BCUT2D eigenvalue weighted by molar-refractivity contribution is 5.33. The van der Waals surface area contributed by atoms with Gasteiger partial charge in [-0.3, -0.25) is 0 Å². The fraction of sp³-hybridized carbons (Fsp3) is 0.625. The number of piperidine rings is 2. The smallest absolute Gasteiger partial charge is 0.120 e. The third kappa shape index (κ3) is 2.69. The lowest BCUT2D eigenvalue weighted by atomic mass is 9.85. The number of nitrogens with one attached hydrogen (secondary N) is 1. The fourth-order valence-electron chi connectivity index (χ4n) is 3.50. The summed E-state index contributed by atoms with van der Waals surface area (Å²) in [6, 6.07) is 7.89. The maximum atomic E-state index is 6.21. The van der Waals surface area contributed by atoms with Crippen molar-refractivity contribution in [1.29, 1.82) is 0 Å². The molecule has 2 aliphatic heterocycles. The Kier molecular flexibility index (Phi) is 3.29. The van der Waals surface area contributed by atoms with Crippen molar-refractivity contribution in [2.75, 3.05) is 0 Å². The molecule has 1 unspecified atom stereocenters. The van der Waals surface area contributed by atoms with Gasteiger partial charge in [-0.2, -0.15) is 0 Å². The van der Waals surface area contributed by atoms with Gasteiger partial charge in [0, 0.05) is 12.1 Å². The van der Waals surface area contributed by atoms with Crippen molar-refractivity contribution in [3.05, 3.63) is 29.3 Å². The number of fused-ring (bicyclic) bond motifs is 2. The van der Waals surface area contributed by atoms with E-state index in [1.807, 2.05) is 0 Å². The van der Waals surface area contributed by atoms with Crippen LogP contribution >= 0.6 is 0 Å². The van der Waals surface area contributed by atoms with E-state index in [1.165, 1.54) is 43.2 Å². The highest BCUT2D eigenvalue weighted by Crippen LogP contribution is 2.29. The molecule has 2 nitrogen and oxygen atoms in total. The normalized spacial score (nSPS) is 31.1. The van der Waals surface area contributed by atoms with E-state index in [2.05, 4.69) is 37.4 Å². The molecule has 0 spiro atoms. The Labute approximate surface area is 110 Å². The molecule has 0 radical (unpaired) electrons. The number of hydrogen-bond acceptors (Lipinski definition) is 2. The van der Waals surface area contributed by atoms with Crippen LogP contribution in [-0.4, -0.2) is 18.2 Å². The molecule has 2 heterocycles. The number of aryl methyl sites for hydroxylation is 2. The highest BCUT2D eigenvalue weighted by Gasteiger charge is 2.32. The van der Waals surface area contributed by atoms with Crippen LogP contribution < -0.4 is 10.1 Å². The molecule has 0 amide bonds. The molecule has 2 saturated heterocycles. The molecule has 1 aromatic carbocycles. The molecule has 98 valence electrons. The molecule has 18 heavy (non-hydrogen) atoms. The first-order valence-electron chi connectivity index (χ1n) is 7.20. The van der Waals surface area contributed by atoms with Gasteiger partial charge < -0.3 is 10.1 Å². The average Bonchev–Trinajstić information content (AvgIpc) is 2.26. The Morgan fingerprint density at radius 1 is 1.00 bits per heavy atom. The van der Waals surface area contributed by atoms with Crippen molar-refractivity contribution in [3.63, 3.8) is 0 Å². The molecular weight excluding hydrogens is 222 g/mol. The molecule has 0 aliphatic carbocycles. The van der Waals surface area contributed by atoms with Crippen LogP contribution in [0.5, 0.6) is 5.75 Å². The standard InChI is InChI=1S/C16H23NO/c1-11-6-12(2)8-15(7-11)18-16-9-13-4-3-5-14(10-16)17-13/h6-8,13-14,16-17H,3-5,9-10H2,1-2H3/t13-,14+,16?. The van der Waals surface area contributed by atoms with Crippen LogP contribution in [0, 0.1) is 13.8 Å². The van der Waals surface area contributed by atoms with Gasteiger partial charge in [0.2, 0.25) is 0 Å². The second-order valence-corrected chi connectivity index (χ2v) is 6.03. The average molecular weight is 245 g/mol. The quantitative estimate of drug-likeness (QED) is 0.862. The first-order chi connectivity index (χ1) is 8.69. The van der Waals surface area contributed by atoms with Gasteiger partial charge in [0.1, 0.15) is 11.9 Å². The minimum atomic E-state index is 0.405. The monoisotopic (exact) mass is 245 g/mol. The van der Waals surface area contributed by atoms with Crippen molar-refractivity contribution >= 4 is 0 Å². The van der Waals surface area contributed by atoms with E-state index in [0.29, 0.717) is 18.2 Å². The van der Waals surface area contributed by atoms with Crippen molar-refractivity contribution in [3.8, 4) is 5.75 Å². The van der Waals surface area contributed by atoms with E-state index in [0.717, 1.165) is 5.75 Å². The van der Waals surface area contributed by atoms with E-state index in [1.54, 1.807) is 0 Å². The molecule has 2 fully saturated rings. The summed E-state index contributed by atoms with van der Waals surface area (Å²) in [7, 11) is 0. The van der Waals surface area contributed by atoms with Crippen LogP contribution in [0.2, 0.25) is 0 Å². The second-order valence-electron chi connectivity index (χ2n) is 6.03. The summed E-state index contributed by atoms with van der Waals surface area (Å²) in [5.41, 5.74) is 2.58. The summed E-state index contributed by atoms with van der Waals surface area (Å²) >= 11 is 0. The molecule has 2 bridgehead atoms. The van der Waals surface area contributed by atoms with Gasteiger partial charge in [-0.05, 0) is 62.8 Å². The van der Waals surface area contributed by atoms with Gasteiger partial charge in [-0.1, -0.05) is 12.5 Å². The molecular formula is C16H23NO. The van der Waals surface area contributed by atoms with Crippen molar-refractivity contribution in [2.45, 2.75) is 64.1 Å². The van der Waals surface area contributed by atoms with Crippen LogP contribution in [0.3, 0.4) is 0 Å². The topological polar surface area (TPSA) is 21.3 Å². The van der Waals surface area contributed by atoms with Crippen LogP contribution in [0.4, 0.5) is 0 Å². The zero-order valence-corrected chi connectivity index (χ0v) is 11.4. The van der Waals surface area contributed by atoms with E-state index in [-0.39, 0.29) is 0 Å². The molecule has 1 aromatic rings. The number of hydrogen-bond donors (Lipinski definition) is 1. The zero-order chi connectivity index (χ0) is 12.5. The largest absolute Gasteiger partial charge is 0.490 e. The van der Waals surface area contributed by atoms with Gasteiger partial charge in [0.15, 0.2) is 0 Å². The lowest BCUT2D eigenvalue weighted by molar-refractivity contribution is 0.0926. The number of rotatable bonds is 2. The molecule has 0 aromatic heterocycles. The summed E-state index contributed by atoms with van der Waals surface area (Å²) in [6.07, 6.45) is 6.78. The predicted molar refractivity (Wildman–Crippen MR) is 74.1 cm³/mol. The minimum Gasteiger partial charge on any atom is -0.490 e. The van der Waals surface area contributed by atoms with Crippen molar-refractivity contribution in [2.24, 2.45) is 0 Å².